The highest BCUT2D eigenvalue weighted by Crippen LogP contribution is 2.20. The minimum Gasteiger partial charge on any atom is -0.434 e. The van der Waals surface area contributed by atoms with Crippen LogP contribution in [0.3, 0.4) is 0 Å². The third-order valence-corrected chi connectivity index (χ3v) is 2.19. The van der Waals surface area contributed by atoms with Crippen molar-refractivity contribution in [1.82, 2.24) is 4.98 Å². The van der Waals surface area contributed by atoms with Crippen molar-refractivity contribution < 1.29 is 13.9 Å². The molecule has 0 atom stereocenters. The first-order valence-electron chi connectivity index (χ1n) is 5.65. The lowest BCUT2D eigenvalue weighted by Crippen LogP contribution is -1.77. The molecule has 0 radical (unpaired) electrons. The number of carbonyl (C=O) groups is 1. The molecule has 0 saturated heterocycles. The lowest BCUT2D eigenvalue weighted by atomic mass is 10.1. The predicted molar refractivity (Wildman–Crippen MR) is 69.6 cm³/mol. The largest absolute Gasteiger partial charge is 0.434 e. The summed E-state index contributed by atoms with van der Waals surface area (Å²) in [5, 5.41) is 8.71. The highest BCUT2D eigenvalue weighted by Gasteiger charge is 2.05. The van der Waals surface area contributed by atoms with Gasteiger partial charge in [0.25, 0.3) is 5.89 Å². The van der Waals surface area contributed by atoms with Gasteiger partial charge in [-0.1, -0.05) is 12.1 Å². The Hall–Kier alpha value is -2.45. The maximum atomic E-state index is 10.4. The van der Waals surface area contributed by atoms with Crippen molar-refractivity contribution in [3.05, 3.63) is 41.9 Å². The van der Waals surface area contributed by atoms with E-state index < -0.39 is 0 Å². The number of aromatic nitrogens is 1. The van der Waals surface area contributed by atoms with E-state index >= 15 is 0 Å². The molecule has 0 aliphatic carbocycles. The molecule has 1 heterocycles. The molecule has 0 spiro atoms. The zero-order valence-electron chi connectivity index (χ0n) is 10.8. The van der Waals surface area contributed by atoms with Gasteiger partial charge in [0.2, 0.25) is 6.29 Å². The Bertz CT molecular complexity index is 568. The number of oxazole rings is 1. The monoisotopic (exact) mass is 258 g/mol. The molecule has 0 aliphatic heterocycles. The van der Waals surface area contributed by atoms with Gasteiger partial charge >= 0.3 is 0 Å². The van der Waals surface area contributed by atoms with Crippen LogP contribution in [0.15, 0.2) is 34.9 Å². The summed E-state index contributed by atoms with van der Waals surface area (Å²) in [5.41, 5.74) is 1.27. The molecular formula is C14H14N2O3. The number of carbonyl (C=O) groups excluding carboxylic acids is 1. The van der Waals surface area contributed by atoms with E-state index in [4.69, 9.17) is 9.68 Å². The number of hydrogen-bond acceptors (Lipinski definition) is 5. The Morgan fingerprint density at radius 1 is 1.53 bits per heavy atom. The van der Waals surface area contributed by atoms with Crippen LogP contribution >= 0.6 is 0 Å². The van der Waals surface area contributed by atoms with Gasteiger partial charge < -0.3 is 9.15 Å². The quantitative estimate of drug-likeness (QED) is 0.791. The van der Waals surface area contributed by atoms with Crippen molar-refractivity contribution in [2.24, 2.45) is 0 Å². The lowest BCUT2D eigenvalue weighted by molar-refractivity contribution is 0.109. The van der Waals surface area contributed by atoms with Crippen LogP contribution < -0.4 is 0 Å². The van der Waals surface area contributed by atoms with Gasteiger partial charge in [-0.3, -0.25) is 4.79 Å². The summed E-state index contributed by atoms with van der Waals surface area (Å²) in [6, 6.07) is 8.93. The normalized spacial score (nSPS) is 9.11. The number of hydrogen-bond donors (Lipinski definition) is 0. The molecule has 5 heteroatoms. The Morgan fingerprint density at radius 3 is 2.79 bits per heavy atom. The van der Waals surface area contributed by atoms with Gasteiger partial charge in [0.15, 0.2) is 5.76 Å². The van der Waals surface area contributed by atoms with Crippen molar-refractivity contribution in [2.45, 2.75) is 6.92 Å². The molecule has 0 saturated carbocycles. The average molecular weight is 258 g/mol. The minimum atomic E-state index is 0.0346. The summed E-state index contributed by atoms with van der Waals surface area (Å²) in [5.74, 6) is 0.515. The Morgan fingerprint density at radius 2 is 2.26 bits per heavy atom. The average Bonchev–Trinajstić information content (AvgIpc) is 2.96. The van der Waals surface area contributed by atoms with E-state index in [2.05, 4.69) is 9.72 Å². The van der Waals surface area contributed by atoms with Crippen LogP contribution in [-0.2, 0) is 4.74 Å². The molecule has 0 amide bonds. The SMILES string of the molecule is CCOC.N#Cc1cccc(-c2cnc(C=O)o2)c1. The molecule has 19 heavy (non-hydrogen) atoms. The molecular weight excluding hydrogens is 244 g/mol. The summed E-state index contributed by atoms with van der Waals surface area (Å²) in [6.45, 7) is 2.78. The second-order valence-corrected chi connectivity index (χ2v) is 3.45. The predicted octanol–water partition coefficient (Wildman–Crippen LogP) is 2.68. The molecule has 98 valence electrons. The van der Waals surface area contributed by atoms with E-state index in [9.17, 15) is 4.79 Å². The maximum Gasteiger partial charge on any atom is 0.260 e. The molecule has 2 rings (SSSR count). The Balaban J connectivity index is 0.000000399. The summed E-state index contributed by atoms with van der Waals surface area (Å²) in [7, 11) is 1.68. The van der Waals surface area contributed by atoms with Gasteiger partial charge in [-0.05, 0) is 19.1 Å². The van der Waals surface area contributed by atoms with E-state index in [1.807, 2.05) is 13.0 Å². The summed E-state index contributed by atoms with van der Waals surface area (Å²) >= 11 is 0. The van der Waals surface area contributed by atoms with Gasteiger partial charge in [0.1, 0.15) is 0 Å². The first-order chi connectivity index (χ1) is 9.24. The number of aldehydes is 1. The van der Waals surface area contributed by atoms with Crippen molar-refractivity contribution in [1.29, 1.82) is 5.26 Å². The van der Waals surface area contributed by atoms with E-state index in [-0.39, 0.29) is 5.89 Å². The van der Waals surface area contributed by atoms with Crippen molar-refractivity contribution in [2.75, 3.05) is 13.7 Å². The topological polar surface area (TPSA) is 76.1 Å². The van der Waals surface area contributed by atoms with Gasteiger partial charge in [-0.25, -0.2) is 4.98 Å². The van der Waals surface area contributed by atoms with Crippen molar-refractivity contribution in [3.8, 4) is 17.4 Å². The summed E-state index contributed by atoms with van der Waals surface area (Å²) < 4.78 is 9.67. The van der Waals surface area contributed by atoms with Crippen LogP contribution in [0, 0.1) is 11.3 Å². The van der Waals surface area contributed by atoms with Crippen LogP contribution in [0.5, 0.6) is 0 Å². The van der Waals surface area contributed by atoms with E-state index in [1.54, 1.807) is 31.4 Å². The molecule has 0 aliphatic rings. The maximum absolute atomic E-state index is 10.4. The van der Waals surface area contributed by atoms with Crippen molar-refractivity contribution >= 4 is 6.29 Å². The van der Waals surface area contributed by atoms with Crippen LogP contribution in [0.4, 0.5) is 0 Å². The summed E-state index contributed by atoms with van der Waals surface area (Å²) in [6.07, 6.45) is 2.00. The smallest absolute Gasteiger partial charge is 0.260 e. The van der Waals surface area contributed by atoms with Crippen LogP contribution in [0.1, 0.15) is 23.2 Å². The van der Waals surface area contributed by atoms with Gasteiger partial charge in [-0.2, -0.15) is 5.26 Å². The molecule has 5 nitrogen and oxygen atoms in total. The summed E-state index contributed by atoms with van der Waals surface area (Å²) in [4.78, 5) is 14.1. The number of nitrogens with zero attached hydrogens (tertiary/aromatic N) is 2. The fourth-order valence-corrected chi connectivity index (χ4v) is 1.22. The molecule has 0 unspecified atom stereocenters. The highest BCUT2D eigenvalue weighted by molar-refractivity contribution is 5.69. The highest BCUT2D eigenvalue weighted by atomic mass is 16.5. The lowest BCUT2D eigenvalue weighted by Gasteiger charge is -1.95. The number of methoxy groups -OCH3 is 1. The number of ether oxygens (including phenoxy) is 1. The third-order valence-electron chi connectivity index (χ3n) is 2.19. The van der Waals surface area contributed by atoms with Crippen LogP contribution in [-0.4, -0.2) is 25.0 Å². The number of rotatable bonds is 3. The minimum absolute atomic E-state index is 0.0346. The zero-order chi connectivity index (χ0) is 14.1. The number of nitriles is 1. The Labute approximate surface area is 111 Å². The second-order valence-electron chi connectivity index (χ2n) is 3.45. The zero-order valence-corrected chi connectivity index (χ0v) is 10.8. The molecule has 0 bridgehead atoms. The molecule has 0 N–H and O–H groups in total. The first kappa shape index (κ1) is 14.6. The van der Waals surface area contributed by atoms with Crippen LogP contribution in [0.25, 0.3) is 11.3 Å². The van der Waals surface area contributed by atoms with Gasteiger partial charge in [0.05, 0.1) is 17.8 Å². The van der Waals surface area contributed by atoms with Crippen LogP contribution in [0.2, 0.25) is 0 Å². The third kappa shape index (κ3) is 4.37. The molecule has 1 aromatic heterocycles. The van der Waals surface area contributed by atoms with E-state index in [1.165, 1.54) is 6.20 Å². The van der Waals surface area contributed by atoms with Gasteiger partial charge in [-0.15, -0.1) is 0 Å². The van der Waals surface area contributed by atoms with Crippen molar-refractivity contribution in [3.63, 3.8) is 0 Å². The standard InChI is InChI=1S/C11H6N2O2.C3H8O/c12-5-8-2-1-3-9(4-8)10-6-13-11(7-14)15-10;1-3-4-2/h1-4,6-7H;3H2,1-2H3. The second kappa shape index (κ2) is 7.80. The Kier molecular flexibility index (Phi) is 5.99. The van der Waals surface area contributed by atoms with E-state index in [0.717, 1.165) is 12.2 Å². The molecule has 1 aromatic carbocycles. The fraction of sp³-hybridized carbons (Fsp3) is 0.214. The fourth-order valence-electron chi connectivity index (χ4n) is 1.22. The number of benzene rings is 1. The van der Waals surface area contributed by atoms with Gasteiger partial charge in [0, 0.05) is 19.3 Å². The first-order valence-corrected chi connectivity index (χ1v) is 5.65. The molecule has 0 fully saturated rings. The molecule has 2 aromatic rings. The van der Waals surface area contributed by atoms with E-state index in [0.29, 0.717) is 17.6 Å².